The average molecular weight is 463 g/mol. The number of likely N-dealkylation sites (tertiary alicyclic amines) is 1. The summed E-state index contributed by atoms with van der Waals surface area (Å²) in [5.74, 6) is 0.128. The summed E-state index contributed by atoms with van der Waals surface area (Å²) in [6.45, 7) is 1.73. The minimum absolute atomic E-state index is 0.0258. The van der Waals surface area contributed by atoms with Crippen molar-refractivity contribution in [2.24, 2.45) is 5.14 Å². The number of nitrogens with two attached hydrogens (primary N) is 2. The molecular weight excluding hydrogens is 444 g/mol. The van der Waals surface area contributed by atoms with E-state index in [-0.39, 0.29) is 27.7 Å². The van der Waals surface area contributed by atoms with E-state index in [1.807, 2.05) is 7.05 Å². The molecule has 0 bridgehead atoms. The van der Waals surface area contributed by atoms with Gasteiger partial charge in [-0.3, -0.25) is 4.98 Å². The lowest BCUT2D eigenvalue weighted by Gasteiger charge is -2.36. The number of aromatic amines is 1. The summed E-state index contributed by atoms with van der Waals surface area (Å²) in [4.78, 5) is 22.9. The van der Waals surface area contributed by atoms with Gasteiger partial charge in [0.1, 0.15) is 4.90 Å². The summed E-state index contributed by atoms with van der Waals surface area (Å²) in [5, 5.41) is 19.9. The van der Waals surface area contributed by atoms with Gasteiger partial charge in [-0.1, -0.05) is 6.07 Å². The minimum atomic E-state index is -4.09. The number of aromatic nitrogens is 5. The molecule has 14 heteroatoms. The van der Waals surface area contributed by atoms with Gasteiger partial charge in [0.25, 0.3) is 0 Å². The van der Waals surface area contributed by atoms with E-state index in [9.17, 15) is 8.42 Å². The number of sulfonamides is 1. The smallest absolute Gasteiger partial charge is 0.373 e. The monoisotopic (exact) mass is 462 g/mol. The lowest BCUT2D eigenvalue weighted by Crippen LogP contribution is -2.46. The molecule has 31 heavy (non-hydrogen) atoms. The molecule has 0 spiro atoms. The second-order valence-electron chi connectivity index (χ2n) is 6.60. The summed E-state index contributed by atoms with van der Waals surface area (Å²) in [7, 11) is -2.08. The summed E-state index contributed by atoms with van der Waals surface area (Å²) in [6.07, 6.45) is 3.33. The number of hydrogen-bond acceptors (Lipinski definition) is 11. The zero-order valence-electron chi connectivity index (χ0n) is 16.2. The van der Waals surface area contributed by atoms with E-state index in [1.54, 1.807) is 24.4 Å². The van der Waals surface area contributed by atoms with Crippen LogP contribution in [0.3, 0.4) is 0 Å². The van der Waals surface area contributed by atoms with Crippen LogP contribution in [-0.2, 0) is 19.6 Å². The Morgan fingerprint density at radius 2 is 1.94 bits per heavy atom. The maximum absolute atomic E-state index is 12.6. The first-order valence-corrected chi connectivity index (χ1v) is 11.2. The van der Waals surface area contributed by atoms with Crippen molar-refractivity contribution in [2.75, 3.05) is 25.9 Å². The fourth-order valence-corrected chi connectivity index (χ4v) is 5.90. The van der Waals surface area contributed by atoms with Crippen molar-refractivity contribution in [1.82, 2.24) is 30.5 Å². The van der Waals surface area contributed by atoms with Crippen LogP contribution in [0.25, 0.3) is 22.5 Å². The van der Waals surface area contributed by atoms with Crippen LogP contribution in [0.4, 0.5) is 5.69 Å². The number of H-pyrrole nitrogens is 1. The van der Waals surface area contributed by atoms with Crippen molar-refractivity contribution in [1.29, 1.82) is 0 Å². The number of carbonyl (C=O) groups excluding carboxylic acids is 2. The fourth-order valence-electron chi connectivity index (χ4n) is 3.20. The van der Waals surface area contributed by atoms with Crippen LogP contribution >= 0.6 is 11.8 Å². The zero-order valence-corrected chi connectivity index (χ0v) is 17.9. The van der Waals surface area contributed by atoms with Gasteiger partial charge in [0.05, 0.1) is 17.4 Å². The molecule has 1 aliphatic rings. The van der Waals surface area contributed by atoms with Crippen molar-refractivity contribution in [2.45, 2.75) is 15.0 Å². The molecule has 5 N–H and O–H groups in total. The van der Waals surface area contributed by atoms with E-state index < -0.39 is 10.0 Å². The lowest BCUT2D eigenvalue weighted by atomic mass is 9.99. The van der Waals surface area contributed by atoms with Gasteiger partial charge in [-0.05, 0) is 30.0 Å². The van der Waals surface area contributed by atoms with E-state index in [1.165, 1.54) is 18.0 Å². The van der Waals surface area contributed by atoms with Gasteiger partial charge in [-0.25, -0.2) is 13.6 Å². The quantitative estimate of drug-likeness (QED) is 0.461. The van der Waals surface area contributed by atoms with Gasteiger partial charge in [0.2, 0.25) is 15.8 Å². The number of hydrogen-bond donors (Lipinski definition) is 3. The molecule has 0 amide bonds. The summed E-state index contributed by atoms with van der Waals surface area (Å²) in [6, 6.07) is 5.26. The van der Waals surface area contributed by atoms with Crippen LogP contribution in [-0.4, -0.2) is 70.5 Å². The molecule has 12 nitrogen and oxygen atoms in total. The number of tetrazole rings is 1. The summed E-state index contributed by atoms with van der Waals surface area (Å²) < 4.78 is 25.2. The highest BCUT2D eigenvalue weighted by Crippen LogP contribution is 2.43. The van der Waals surface area contributed by atoms with Crippen molar-refractivity contribution in [3.05, 3.63) is 30.6 Å². The number of anilines is 1. The molecule has 4 rings (SSSR count). The Morgan fingerprint density at radius 3 is 2.48 bits per heavy atom. The Kier molecular flexibility index (Phi) is 6.77. The van der Waals surface area contributed by atoms with E-state index in [0.29, 0.717) is 21.7 Å². The number of nitrogens with one attached hydrogen (secondary N) is 1. The van der Waals surface area contributed by atoms with E-state index in [4.69, 9.17) is 20.5 Å². The van der Waals surface area contributed by atoms with Crippen LogP contribution in [0.2, 0.25) is 0 Å². The standard InChI is InChI=1S/C16H18N8O2S2.CO2/c1-24-7-9(8-24)27-13-3-2-11(10-4-5-19-6-12(10)17)14(15(13)28(18,25)26)16-20-22-23-21-16;2-1-3/h2-6,9H,7-8,17H2,1H3,(H2,18,25,26)(H,20,21,22,23);. The van der Waals surface area contributed by atoms with Crippen molar-refractivity contribution >= 4 is 33.6 Å². The number of nitrogen functional groups attached to an aromatic ring is 1. The van der Waals surface area contributed by atoms with Gasteiger partial charge < -0.3 is 10.6 Å². The Bertz CT molecular complexity index is 1200. The normalized spacial score (nSPS) is 14.3. The SMILES string of the molecule is CN1CC(Sc2ccc(-c3ccncc3N)c(-c3nn[nH]n3)c2S(N)(=O)=O)C1.O=C=O. The second kappa shape index (κ2) is 9.32. The number of rotatable bonds is 5. The molecule has 1 aliphatic heterocycles. The Hall–Kier alpha value is -3.16. The predicted molar refractivity (Wildman–Crippen MR) is 111 cm³/mol. The van der Waals surface area contributed by atoms with Crippen molar-refractivity contribution in [3.63, 3.8) is 0 Å². The molecule has 0 atom stereocenters. The number of primary sulfonamides is 1. The summed E-state index contributed by atoms with van der Waals surface area (Å²) in [5.41, 5.74) is 7.90. The van der Waals surface area contributed by atoms with Gasteiger partial charge in [0.15, 0.2) is 0 Å². The molecule has 1 aromatic carbocycles. The molecule has 0 radical (unpaired) electrons. The largest absolute Gasteiger partial charge is 0.397 e. The first kappa shape index (κ1) is 22.5. The third-order valence-corrected chi connectivity index (χ3v) is 6.79. The molecule has 0 saturated carbocycles. The molecule has 1 fully saturated rings. The van der Waals surface area contributed by atoms with Gasteiger partial charge in [-0.15, -0.1) is 22.0 Å². The highest BCUT2D eigenvalue weighted by atomic mass is 32.2. The molecule has 0 unspecified atom stereocenters. The number of nitrogens with zero attached hydrogens (tertiary/aromatic N) is 5. The number of benzene rings is 1. The highest BCUT2D eigenvalue weighted by molar-refractivity contribution is 8.00. The lowest BCUT2D eigenvalue weighted by molar-refractivity contribution is -0.191. The molecule has 2 aromatic heterocycles. The van der Waals surface area contributed by atoms with Crippen LogP contribution in [0.5, 0.6) is 0 Å². The molecule has 162 valence electrons. The number of thioether (sulfide) groups is 1. The van der Waals surface area contributed by atoms with Crippen LogP contribution in [0, 0.1) is 0 Å². The zero-order chi connectivity index (χ0) is 22.6. The third kappa shape index (κ3) is 4.95. The van der Waals surface area contributed by atoms with E-state index in [0.717, 1.165) is 13.1 Å². The average Bonchev–Trinajstić information content (AvgIpc) is 3.21. The summed E-state index contributed by atoms with van der Waals surface area (Å²) >= 11 is 1.48. The number of pyridine rings is 1. The first-order valence-electron chi connectivity index (χ1n) is 8.74. The Balaban J connectivity index is 0.000000858. The minimum Gasteiger partial charge on any atom is -0.397 e. The molecule has 3 heterocycles. The van der Waals surface area contributed by atoms with Crippen LogP contribution in [0.1, 0.15) is 0 Å². The van der Waals surface area contributed by atoms with Crippen LogP contribution < -0.4 is 10.9 Å². The molecule has 1 saturated heterocycles. The maximum Gasteiger partial charge on any atom is 0.373 e. The molecule has 0 aliphatic carbocycles. The van der Waals surface area contributed by atoms with Gasteiger partial charge in [0, 0.05) is 35.0 Å². The molecular formula is C17H18N8O4S2. The third-order valence-electron chi connectivity index (χ3n) is 4.44. The van der Waals surface area contributed by atoms with E-state index in [2.05, 4.69) is 30.5 Å². The molecule has 3 aromatic rings. The van der Waals surface area contributed by atoms with Gasteiger partial charge in [-0.2, -0.15) is 14.8 Å². The van der Waals surface area contributed by atoms with Gasteiger partial charge >= 0.3 is 6.15 Å². The maximum atomic E-state index is 12.6. The predicted octanol–water partition coefficient (Wildman–Crippen LogP) is -0.0191. The Labute approximate surface area is 181 Å². The highest BCUT2D eigenvalue weighted by Gasteiger charge is 2.31. The van der Waals surface area contributed by atoms with Crippen molar-refractivity contribution < 1.29 is 18.0 Å². The topological polar surface area (TPSA) is 191 Å². The first-order chi connectivity index (χ1) is 14.8. The fraction of sp³-hybridized carbons (Fsp3) is 0.235. The van der Waals surface area contributed by atoms with Crippen LogP contribution in [0.15, 0.2) is 40.4 Å². The van der Waals surface area contributed by atoms with Crippen molar-refractivity contribution in [3.8, 4) is 22.5 Å². The Morgan fingerprint density at radius 1 is 1.23 bits per heavy atom. The van der Waals surface area contributed by atoms with E-state index >= 15 is 0 Å². The second-order valence-corrected chi connectivity index (χ2v) is 9.44.